The van der Waals surface area contributed by atoms with Gasteiger partial charge in [0.2, 0.25) is 5.82 Å². The molecule has 1 aromatic heterocycles. The third-order valence-corrected chi connectivity index (χ3v) is 4.16. The molecule has 0 saturated carbocycles. The summed E-state index contributed by atoms with van der Waals surface area (Å²) in [5, 5.41) is 36.3. The summed E-state index contributed by atoms with van der Waals surface area (Å²) in [6, 6.07) is 0.604. The van der Waals surface area contributed by atoms with Crippen LogP contribution in [-0.4, -0.2) is 35.5 Å². The van der Waals surface area contributed by atoms with Gasteiger partial charge in [-0.1, -0.05) is 13.8 Å². The van der Waals surface area contributed by atoms with Crippen molar-refractivity contribution in [3.05, 3.63) is 22.2 Å². The van der Waals surface area contributed by atoms with Crippen molar-refractivity contribution >= 4 is 29.3 Å². The Kier molecular flexibility index (Phi) is 5.40. The molecule has 1 aliphatic rings. The number of rotatable bonds is 7. The number of carboxylic acid groups (broad SMARTS) is 2. The van der Waals surface area contributed by atoms with E-state index in [1.165, 1.54) is 17.0 Å². The number of carbonyl (C=O) groups is 2. The molecule has 0 spiro atoms. The average molecular weight is 351 g/mol. The Morgan fingerprint density at radius 1 is 1.36 bits per heavy atom. The number of nitrogens with zero attached hydrogens (tertiary/aromatic N) is 2. The van der Waals surface area contributed by atoms with Gasteiger partial charge in [-0.25, -0.2) is 4.98 Å². The van der Waals surface area contributed by atoms with Crippen LogP contribution in [-0.2, 0) is 9.59 Å². The maximum Gasteiger partial charge on any atom is 0.340 e. The van der Waals surface area contributed by atoms with Crippen molar-refractivity contribution in [1.29, 1.82) is 0 Å². The van der Waals surface area contributed by atoms with Gasteiger partial charge in [0.1, 0.15) is 12.1 Å². The van der Waals surface area contributed by atoms with Gasteiger partial charge in [0, 0.05) is 12.1 Å². The lowest BCUT2D eigenvalue weighted by atomic mass is 10.0. The summed E-state index contributed by atoms with van der Waals surface area (Å²) < 4.78 is 0. The first-order valence-corrected chi connectivity index (χ1v) is 7.88. The first-order valence-electron chi connectivity index (χ1n) is 7.88. The van der Waals surface area contributed by atoms with E-state index in [4.69, 9.17) is 0 Å². The lowest BCUT2D eigenvalue weighted by molar-refractivity contribution is -0.405. The van der Waals surface area contributed by atoms with Gasteiger partial charge in [0.15, 0.2) is 0 Å². The van der Waals surface area contributed by atoms with Crippen LogP contribution < -0.4 is 25.4 Å². The fourth-order valence-electron chi connectivity index (χ4n) is 2.86. The number of anilines is 2. The summed E-state index contributed by atoms with van der Waals surface area (Å²) in [6.45, 7) is 3.71. The van der Waals surface area contributed by atoms with Gasteiger partial charge < -0.3 is 19.8 Å². The van der Waals surface area contributed by atoms with Crippen LogP contribution in [0.1, 0.15) is 26.7 Å². The van der Waals surface area contributed by atoms with Crippen LogP contribution in [0.25, 0.3) is 0 Å². The molecule has 0 unspecified atom stereocenters. The molecule has 2 N–H and O–H groups in total. The van der Waals surface area contributed by atoms with E-state index in [0.29, 0.717) is 25.2 Å². The second-order valence-electron chi connectivity index (χ2n) is 6.22. The largest absolute Gasteiger partial charge is 0.546 e. The molecule has 2 atom stereocenters. The van der Waals surface area contributed by atoms with Crippen LogP contribution in [0.3, 0.4) is 0 Å². The van der Waals surface area contributed by atoms with Crippen molar-refractivity contribution in [3.63, 3.8) is 0 Å². The number of hydrogen-bond donors (Lipinski definition) is 1. The molecule has 2 heterocycles. The summed E-state index contributed by atoms with van der Waals surface area (Å²) in [5.41, 5.74) is -0.347. The number of aliphatic carboxylic acids is 2. The molecule has 1 fully saturated rings. The van der Waals surface area contributed by atoms with Crippen LogP contribution in [0.15, 0.2) is 12.1 Å². The van der Waals surface area contributed by atoms with Crippen LogP contribution in [0.2, 0.25) is 0 Å². The molecule has 0 radical (unpaired) electrons. The zero-order valence-corrected chi connectivity index (χ0v) is 13.9. The molecule has 10 heteroatoms. The highest BCUT2D eigenvalue weighted by molar-refractivity contribution is 5.77. The highest BCUT2D eigenvalue weighted by Crippen LogP contribution is 2.27. The van der Waals surface area contributed by atoms with E-state index in [1.54, 1.807) is 13.8 Å². The monoisotopic (exact) mass is 351 g/mol. The molecular weight excluding hydrogens is 332 g/mol. The van der Waals surface area contributed by atoms with Crippen LogP contribution in [0.4, 0.5) is 17.3 Å². The zero-order chi connectivity index (χ0) is 18.7. The molecule has 0 aromatic carbocycles. The fourth-order valence-corrected chi connectivity index (χ4v) is 2.86. The Morgan fingerprint density at radius 2 is 2.04 bits per heavy atom. The van der Waals surface area contributed by atoms with Crippen molar-refractivity contribution in [2.24, 2.45) is 5.92 Å². The van der Waals surface area contributed by atoms with Gasteiger partial charge in [-0.2, -0.15) is 0 Å². The molecule has 25 heavy (non-hydrogen) atoms. The number of pyridine rings is 1. The number of nitrogens with one attached hydrogen (secondary N) is 2. The Hall–Kier alpha value is -2.91. The second-order valence-corrected chi connectivity index (χ2v) is 6.22. The van der Waals surface area contributed by atoms with E-state index in [1.807, 2.05) is 0 Å². The maximum absolute atomic E-state index is 11.3. The average Bonchev–Trinajstić information content (AvgIpc) is 3.01. The first kappa shape index (κ1) is 18.4. The van der Waals surface area contributed by atoms with Crippen LogP contribution in [0, 0.1) is 16.0 Å². The standard InChI is InChI=1S/C15H20N4O6/c1-8(2)12(15(22)23)17-13-9(19(24)25)5-6-11(16-13)18-7-3-4-10(18)14(20)21/h5-6,8,10,12H,3-4,7H2,1-2H3,(H,16,17)(H,20,21)(H,22,23)/p-1/t10-,12-/m0/s1. The molecule has 2 rings (SSSR count). The fraction of sp³-hybridized carbons (Fsp3) is 0.533. The molecular formula is C15H19N4O6-. The van der Waals surface area contributed by atoms with E-state index in [-0.39, 0.29) is 17.4 Å². The predicted molar refractivity (Wildman–Crippen MR) is 82.3 cm³/mol. The molecule has 1 saturated heterocycles. The number of nitro groups is 1. The number of aromatic nitrogens is 1. The topological polar surface area (TPSA) is 153 Å². The normalized spacial score (nSPS) is 18.2. The number of carbonyl (C=O) groups excluding carboxylic acids is 2. The number of H-pyrrole nitrogens is 1. The first-order chi connectivity index (χ1) is 11.7. The molecule has 1 aromatic rings. The van der Waals surface area contributed by atoms with Crippen molar-refractivity contribution in [2.75, 3.05) is 16.8 Å². The minimum atomic E-state index is -1.39. The van der Waals surface area contributed by atoms with Crippen LogP contribution >= 0.6 is 0 Å². The van der Waals surface area contributed by atoms with Gasteiger partial charge in [0.25, 0.3) is 5.82 Å². The van der Waals surface area contributed by atoms with Crippen molar-refractivity contribution in [2.45, 2.75) is 38.8 Å². The minimum absolute atomic E-state index is 0.116. The SMILES string of the molecule is CC(C)[C@H](Nc1[nH+]c(N2CCC[C@H]2C(=O)[O-])ccc1[N+](=O)[O-])C(=O)[O-]. The maximum atomic E-state index is 11.3. The van der Waals surface area contributed by atoms with Crippen molar-refractivity contribution < 1.29 is 29.7 Å². The number of carboxylic acids is 2. The van der Waals surface area contributed by atoms with E-state index >= 15 is 0 Å². The summed E-state index contributed by atoms with van der Waals surface area (Å²) in [6.07, 6.45) is 1.05. The number of hydrogen-bond acceptors (Lipinski definition) is 8. The highest BCUT2D eigenvalue weighted by atomic mass is 16.6. The second kappa shape index (κ2) is 7.32. The van der Waals surface area contributed by atoms with E-state index in [2.05, 4.69) is 10.3 Å². The summed E-state index contributed by atoms with van der Waals surface area (Å²) >= 11 is 0. The van der Waals surface area contributed by atoms with Gasteiger partial charge in [-0.05, 0) is 18.8 Å². The van der Waals surface area contributed by atoms with Gasteiger partial charge in [-0.15, -0.1) is 0 Å². The summed E-state index contributed by atoms with van der Waals surface area (Å²) in [4.78, 5) is 37.3. The number of aromatic amines is 1. The third-order valence-electron chi connectivity index (χ3n) is 4.16. The minimum Gasteiger partial charge on any atom is -0.546 e. The molecule has 0 amide bonds. The van der Waals surface area contributed by atoms with Crippen molar-refractivity contribution in [1.82, 2.24) is 0 Å². The van der Waals surface area contributed by atoms with E-state index < -0.39 is 28.9 Å². The lowest BCUT2D eigenvalue weighted by Gasteiger charge is -2.23. The van der Waals surface area contributed by atoms with Crippen molar-refractivity contribution in [3.8, 4) is 0 Å². The Labute approximate surface area is 143 Å². The molecule has 1 aliphatic heterocycles. The van der Waals surface area contributed by atoms with E-state index in [9.17, 15) is 29.9 Å². The molecule has 136 valence electrons. The Bertz CT molecular complexity index is 693. The highest BCUT2D eigenvalue weighted by Gasteiger charge is 2.33. The smallest absolute Gasteiger partial charge is 0.340 e. The van der Waals surface area contributed by atoms with Gasteiger partial charge in [0.05, 0.1) is 23.4 Å². The quantitative estimate of drug-likeness (QED) is 0.451. The lowest BCUT2D eigenvalue weighted by Crippen LogP contribution is -2.47. The van der Waals surface area contributed by atoms with Crippen LogP contribution in [0.5, 0.6) is 0 Å². The summed E-state index contributed by atoms with van der Waals surface area (Å²) in [7, 11) is 0. The molecule has 10 nitrogen and oxygen atoms in total. The zero-order valence-electron chi connectivity index (χ0n) is 13.9. The van der Waals surface area contributed by atoms with E-state index in [0.717, 1.165) is 0 Å². The molecule has 0 bridgehead atoms. The van der Waals surface area contributed by atoms with Gasteiger partial charge in [-0.3, -0.25) is 20.3 Å². The Balaban J connectivity index is 2.41. The third kappa shape index (κ3) is 3.95. The Morgan fingerprint density at radius 3 is 2.56 bits per heavy atom. The predicted octanol–water partition coefficient (Wildman–Crippen LogP) is -1.69. The van der Waals surface area contributed by atoms with Gasteiger partial charge >= 0.3 is 5.69 Å². The molecule has 0 aliphatic carbocycles. The summed E-state index contributed by atoms with van der Waals surface area (Å²) in [5.74, 6) is -2.79.